The molecule has 2 rings (SSSR count). The van der Waals surface area contributed by atoms with Crippen LogP contribution in [0.5, 0.6) is 5.75 Å². The summed E-state index contributed by atoms with van der Waals surface area (Å²) in [5, 5.41) is 12.6. The molecule has 0 saturated heterocycles. The second kappa shape index (κ2) is 11.7. The Hall–Kier alpha value is -3.13. The molecule has 8 nitrogen and oxygen atoms in total. The molecule has 0 aliphatic carbocycles. The van der Waals surface area contributed by atoms with E-state index in [0.29, 0.717) is 23.7 Å². The number of hydrogen-bond donors (Lipinski definition) is 3. The van der Waals surface area contributed by atoms with Gasteiger partial charge < -0.3 is 25.8 Å². The van der Waals surface area contributed by atoms with Crippen molar-refractivity contribution in [3.8, 4) is 5.75 Å². The average Bonchev–Trinajstić information content (AvgIpc) is 2.73. The molecule has 1 aromatic carbocycles. The van der Waals surface area contributed by atoms with Crippen molar-refractivity contribution in [3.05, 3.63) is 48.4 Å². The number of aromatic nitrogens is 2. The van der Waals surface area contributed by atoms with Crippen molar-refractivity contribution in [2.75, 3.05) is 36.2 Å². The highest BCUT2D eigenvalue weighted by molar-refractivity contribution is 5.52. The van der Waals surface area contributed by atoms with Crippen molar-refractivity contribution >= 4 is 24.2 Å². The molecule has 29 heavy (non-hydrogen) atoms. The summed E-state index contributed by atoms with van der Waals surface area (Å²) in [7, 11) is 1.93. The molecule has 1 unspecified atom stereocenters. The summed E-state index contributed by atoms with van der Waals surface area (Å²) < 4.78 is 5.90. The molecule has 156 valence electrons. The van der Waals surface area contributed by atoms with E-state index in [1.807, 2.05) is 48.5 Å². The predicted molar refractivity (Wildman–Crippen MR) is 118 cm³/mol. The lowest BCUT2D eigenvalue weighted by Gasteiger charge is -2.20. The van der Waals surface area contributed by atoms with Crippen molar-refractivity contribution in [1.82, 2.24) is 9.97 Å². The average molecular weight is 399 g/mol. The number of aliphatic hydroxyl groups excluding tert-OH is 1. The molecule has 0 radical (unpaired) electrons. The lowest BCUT2D eigenvalue weighted by molar-refractivity contribution is 0.276. The summed E-state index contributed by atoms with van der Waals surface area (Å²) in [4.78, 5) is 14.3. The molecule has 1 atom stereocenters. The summed E-state index contributed by atoms with van der Waals surface area (Å²) in [6.07, 6.45) is 5.88. The maximum atomic E-state index is 9.29. The first-order valence-electron chi connectivity index (χ1n) is 9.65. The maximum absolute atomic E-state index is 9.29. The Bertz CT molecular complexity index is 791. The van der Waals surface area contributed by atoms with Gasteiger partial charge in [0.05, 0.1) is 11.9 Å². The van der Waals surface area contributed by atoms with Gasteiger partial charge in [-0.1, -0.05) is 31.5 Å². The van der Waals surface area contributed by atoms with Crippen LogP contribution in [0.3, 0.4) is 0 Å². The summed E-state index contributed by atoms with van der Waals surface area (Å²) >= 11 is 0. The number of rotatable bonds is 12. The van der Waals surface area contributed by atoms with Crippen LogP contribution >= 0.6 is 0 Å². The predicted octanol–water partition coefficient (Wildman–Crippen LogP) is 3.08. The van der Waals surface area contributed by atoms with E-state index in [4.69, 9.17) is 10.5 Å². The number of nitrogens with one attached hydrogen (secondary N) is 1. The van der Waals surface area contributed by atoms with Gasteiger partial charge in [0, 0.05) is 31.6 Å². The second-order valence-electron chi connectivity index (χ2n) is 6.60. The van der Waals surface area contributed by atoms with Crippen molar-refractivity contribution in [2.24, 2.45) is 4.99 Å². The lowest BCUT2D eigenvalue weighted by Crippen LogP contribution is -2.22. The SMILES string of the molecule is C=N/C(=C\N(C)c1ccccc1)COc1cnc(N)nc1NC(CCC)CCO. The first-order chi connectivity index (χ1) is 14.1. The fourth-order valence-electron chi connectivity index (χ4n) is 2.82. The number of nitrogens with zero attached hydrogens (tertiary/aromatic N) is 4. The minimum atomic E-state index is 0.0680. The fourth-order valence-corrected chi connectivity index (χ4v) is 2.82. The molecule has 0 amide bonds. The Kier molecular flexibility index (Phi) is 8.91. The summed E-state index contributed by atoms with van der Waals surface area (Å²) in [5.74, 6) is 1.12. The zero-order chi connectivity index (χ0) is 21.1. The summed E-state index contributed by atoms with van der Waals surface area (Å²) in [6.45, 7) is 6.01. The first kappa shape index (κ1) is 22.2. The van der Waals surface area contributed by atoms with Crippen LogP contribution in [0.15, 0.2) is 53.4 Å². The molecule has 1 heterocycles. The lowest BCUT2D eigenvalue weighted by atomic mass is 10.1. The Morgan fingerprint density at radius 3 is 2.79 bits per heavy atom. The Balaban J connectivity index is 2.11. The van der Waals surface area contributed by atoms with E-state index in [-0.39, 0.29) is 25.2 Å². The number of aliphatic imine (C=N–C) groups is 1. The highest BCUT2D eigenvalue weighted by Crippen LogP contribution is 2.24. The van der Waals surface area contributed by atoms with Crippen LogP contribution in [0.4, 0.5) is 17.5 Å². The molecule has 0 aliphatic rings. The largest absolute Gasteiger partial charge is 0.482 e. The normalized spacial score (nSPS) is 12.3. The van der Waals surface area contributed by atoms with Crippen LogP contribution in [-0.4, -0.2) is 48.1 Å². The van der Waals surface area contributed by atoms with Crippen molar-refractivity contribution in [3.63, 3.8) is 0 Å². The van der Waals surface area contributed by atoms with Crippen molar-refractivity contribution < 1.29 is 9.84 Å². The highest BCUT2D eigenvalue weighted by atomic mass is 16.5. The van der Waals surface area contributed by atoms with Crippen LogP contribution in [0, 0.1) is 0 Å². The van der Waals surface area contributed by atoms with Gasteiger partial charge >= 0.3 is 0 Å². The van der Waals surface area contributed by atoms with Gasteiger partial charge in [0.25, 0.3) is 0 Å². The van der Waals surface area contributed by atoms with Crippen LogP contribution in [-0.2, 0) is 0 Å². The molecule has 0 saturated carbocycles. The highest BCUT2D eigenvalue weighted by Gasteiger charge is 2.14. The van der Waals surface area contributed by atoms with Gasteiger partial charge in [0.2, 0.25) is 5.95 Å². The molecule has 0 bridgehead atoms. The van der Waals surface area contributed by atoms with Gasteiger partial charge in [0.1, 0.15) is 6.61 Å². The number of hydrogen-bond acceptors (Lipinski definition) is 8. The van der Waals surface area contributed by atoms with E-state index in [0.717, 1.165) is 18.5 Å². The molecular weight excluding hydrogens is 368 g/mol. The number of aliphatic hydroxyl groups is 1. The Morgan fingerprint density at radius 1 is 1.38 bits per heavy atom. The standard InChI is InChI=1S/C21H30N6O2/c1-4-8-16(11-12-28)25-20-19(13-24-21(22)26-20)29-15-17(23-2)14-27(3)18-9-6-5-7-10-18/h5-7,9-10,13-14,16,28H,2,4,8,11-12,15H2,1,3H3,(H3,22,24,25,26)/b17-14-. The zero-order valence-electron chi connectivity index (χ0n) is 17.1. The third kappa shape index (κ3) is 7.08. The van der Waals surface area contributed by atoms with E-state index < -0.39 is 0 Å². The van der Waals surface area contributed by atoms with Gasteiger partial charge in [-0.3, -0.25) is 4.99 Å². The summed E-state index contributed by atoms with van der Waals surface area (Å²) in [6, 6.07) is 9.99. The minimum absolute atomic E-state index is 0.0680. The smallest absolute Gasteiger partial charge is 0.222 e. The van der Waals surface area contributed by atoms with Gasteiger partial charge in [0.15, 0.2) is 11.6 Å². The van der Waals surface area contributed by atoms with Gasteiger partial charge in [-0.15, -0.1) is 0 Å². The molecule has 1 aromatic heterocycles. The van der Waals surface area contributed by atoms with Crippen LogP contribution in [0.2, 0.25) is 0 Å². The van der Waals surface area contributed by atoms with Gasteiger partial charge in [-0.05, 0) is 31.7 Å². The van der Waals surface area contributed by atoms with Crippen molar-refractivity contribution in [2.45, 2.75) is 32.2 Å². The van der Waals surface area contributed by atoms with E-state index in [2.05, 4.69) is 33.9 Å². The topological polar surface area (TPSA) is 109 Å². The molecule has 0 spiro atoms. The monoisotopic (exact) mass is 398 g/mol. The number of nitrogen functional groups attached to an aromatic ring is 1. The quantitative estimate of drug-likeness (QED) is 0.471. The molecule has 0 aliphatic heterocycles. The van der Waals surface area contributed by atoms with Crippen LogP contribution < -0.4 is 20.7 Å². The summed E-state index contributed by atoms with van der Waals surface area (Å²) in [5.41, 5.74) is 7.43. The van der Waals surface area contributed by atoms with Gasteiger partial charge in [-0.25, -0.2) is 4.98 Å². The van der Waals surface area contributed by atoms with Crippen LogP contribution in [0.25, 0.3) is 0 Å². The number of benzene rings is 1. The molecular formula is C21H30N6O2. The molecule has 0 fully saturated rings. The molecule has 8 heteroatoms. The fraction of sp³-hybridized carbons (Fsp3) is 0.381. The first-order valence-corrected chi connectivity index (χ1v) is 9.65. The van der Waals surface area contributed by atoms with Gasteiger partial charge in [-0.2, -0.15) is 4.98 Å². The second-order valence-corrected chi connectivity index (χ2v) is 6.60. The van der Waals surface area contributed by atoms with E-state index >= 15 is 0 Å². The maximum Gasteiger partial charge on any atom is 0.222 e. The van der Waals surface area contributed by atoms with E-state index in [1.165, 1.54) is 6.20 Å². The number of nitrogens with two attached hydrogens (primary N) is 1. The molecule has 2 aromatic rings. The third-order valence-electron chi connectivity index (χ3n) is 4.31. The third-order valence-corrected chi connectivity index (χ3v) is 4.31. The number of anilines is 3. The van der Waals surface area contributed by atoms with E-state index in [9.17, 15) is 5.11 Å². The van der Waals surface area contributed by atoms with E-state index in [1.54, 1.807) is 0 Å². The zero-order valence-corrected chi connectivity index (χ0v) is 17.1. The minimum Gasteiger partial charge on any atom is -0.482 e. The number of ether oxygens (including phenoxy) is 1. The number of para-hydroxylation sites is 1. The molecule has 4 N–H and O–H groups in total. The van der Waals surface area contributed by atoms with Crippen molar-refractivity contribution in [1.29, 1.82) is 0 Å². The van der Waals surface area contributed by atoms with Crippen LogP contribution in [0.1, 0.15) is 26.2 Å². The Labute approximate surface area is 172 Å². The Morgan fingerprint density at radius 2 is 2.14 bits per heavy atom.